The zero-order valence-corrected chi connectivity index (χ0v) is 18.8. The summed E-state index contributed by atoms with van der Waals surface area (Å²) in [7, 11) is -3.50. The molecule has 2 fully saturated rings. The standard InChI is InChI=1S/C23H25N3O6S/c27-22-13-16(15-26(22)18-5-8-20-21(14-18)32-12-11-31-20)23(28)24-17-3-6-19(7-4-17)33(29,30)25-9-1-2-10-25/h3-8,14,16H,1-2,9-13,15H2,(H,24,28). The molecule has 0 aliphatic carbocycles. The average Bonchev–Trinajstić information content (AvgIpc) is 3.50. The van der Waals surface area contributed by atoms with Crippen LogP contribution in [0.1, 0.15) is 19.3 Å². The van der Waals surface area contributed by atoms with E-state index in [2.05, 4.69) is 5.32 Å². The number of ether oxygens (including phenoxy) is 2. The van der Waals surface area contributed by atoms with Gasteiger partial charge >= 0.3 is 0 Å². The van der Waals surface area contributed by atoms with Gasteiger partial charge in [0.1, 0.15) is 13.2 Å². The van der Waals surface area contributed by atoms with Crippen LogP contribution in [0.4, 0.5) is 11.4 Å². The Morgan fingerprint density at radius 3 is 2.39 bits per heavy atom. The molecule has 2 amide bonds. The fourth-order valence-electron chi connectivity index (χ4n) is 4.36. The topological polar surface area (TPSA) is 105 Å². The molecule has 3 heterocycles. The minimum absolute atomic E-state index is 0.0989. The van der Waals surface area contributed by atoms with Gasteiger partial charge in [-0.25, -0.2) is 8.42 Å². The van der Waals surface area contributed by atoms with Crippen molar-refractivity contribution < 1.29 is 27.5 Å². The summed E-state index contributed by atoms with van der Waals surface area (Å²) in [6.07, 6.45) is 1.84. The fraction of sp³-hybridized carbons (Fsp3) is 0.391. The smallest absolute Gasteiger partial charge is 0.243 e. The van der Waals surface area contributed by atoms with E-state index in [4.69, 9.17) is 9.47 Å². The summed E-state index contributed by atoms with van der Waals surface area (Å²) in [6, 6.07) is 11.5. The van der Waals surface area contributed by atoms with Crippen LogP contribution in [0.25, 0.3) is 0 Å². The quantitative estimate of drug-likeness (QED) is 0.717. The van der Waals surface area contributed by atoms with Gasteiger partial charge in [0.25, 0.3) is 0 Å². The van der Waals surface area contributed by atoms with Gasteiger partial charge in [0.15, 0.2) is 11.5 Å². The zero-order valence-electron chi connectivity index (χ0n) is 18.0. The molecule has 9 nitrogen and oxygen atoms in total. The SMILES string of the molecule is O=C(Nc1ccc(S(=O)(=O)N2CCCC2)cc1)C1CC(=O)N(c2ccc3c(c2)OCCO3)C1. The first-order valence-corrected chi connectivity index (χ1v) is 12.5. The molecule has 2 aromatic rings. The molecule has 3 aliphatic rings. The predicted molar refractivity (Wildman–Crippen MR) is 121 cm³/mol. The molecule has 10 heteroatoms. The number of nitrogens with one attached hydrogen (secondary N) is 1. The van der Waals surface area contributed by atoms with E-state index in [0.29, 0.717) is 49.2 Å². The van der Waals surface area contributed by atoms with Gasteiger partial charge in [0.2, 0.25) is 21.8 Å². The Morgan fingerprint density at radius 2 is 1.67 bits per heavy atom. The third-order valence-electron chi connectivity index (χ3n) is 6.16. The van der Waals surface area contributed by atoms with Gasteiger partial charge in [-0.3, -0.25) is 9.59 Å². The molecule has 0 bridgehead atoms. The summed E-state index contributed by atoms with van der Waals surface area (Å²) in [4.78, 5) is 27.2. The van der Waals surface area contributed by atoms with Gasteiger partial charge in [-0.2, -0.15) is 4.31 Å². The maximum Gasteiger partial charge on any atom is 0.243 e. The first kappa shape index (κ1) is 21.7. The van der Waals surface area contributed by atoms with Gasteiger partial charge in [0.05, 0.1) is 10.8 Å². The zero-order chi connectivity index (χ0) is 23.0. The third kappa shape index (κ3) is 4.28. The first-order chi connectivity index (χ1) is 15.9. The number of carbonyl (C=O) groups is 2. The lowest BCUT2D eigenvalue weighted by Gasteiger charge is -2.22. The Balaban J connectivity index is 1.24. The lowest BCUT2D eigenvalue weighted by Crippen LogP contribution is -2.28. The fourth-order valence-corrected chi connectivity index (χ4v) is 5.88. The molecule has 33 heavy (non-hydrogen) atoms. The second-order valence-corrected chi connectivity index (χ2v) is 10.3. The average molecular weight is 472 g/mol. The predicted octanol–water partition coefficient (Wildman–Crippen LogP) is 2.23. The number of nitrogens with zero attached hydrogens (tertiary/aromatic N) is 2. The normalized spacial score (nSPS) is 20.8. The molecule has 1 unspecified atom stereocenters. The highest BCUT2D eigenvalue weighted by Gasteiger charge is 2.36. The molecule has 3 aliphatic heterocycles. The van der Waals surface area contributed by atoms with Gasteiger partial charge in [-0.15, -0.1) is 0 Å². The van der Waals surface area contributed by atoms with Crippen LogP contribution in [0.2, 0.25) is 0 Å². The Kier molecular flexibility index (Phi) is 5.71. The van der Waals surface area contributed by atoms with Gasteiger partial charge in [-0.1, -0.05) is 0 Å². The van der Waals surface area contributed by atoms with Crippen molar-refractivity contribution in [1.82, 2.24) is 4.31 Å². The monoisotopic (exact) mass is 471 g/mol. The number of hydrogen-bond acceptors (Lipinski definition) is 6. The van der Waals surface area contributed by atoms with Gasteiger partial charge in [-0.05, 0) is 49.2 Å². The van der Waals surface area contributed by atoms with E-state index in [1.165, 1.54) is 16.4 Å². The molecular formula is C23H25N3O6S. The Morgan fingerprint density at radius 1 is 0.970 bits per heavy atom. The van der Waals surface area contributed by atoms with Crippen LogP contribution in [0.5, 0.6) is 11.5 Å². The van der Waals surface area contributed by atoms with Crippen molar-refractivity contribution in [3.8, 4) is 11.5 Å². The Labute approximate surface area is 192 Å². The molecule has 2 aromatic carbocycles. The van der Waals surface area contributed by atoms with Crippen LogP contribution in [0.15, 0.2) is 47.4 Å². The van der Waals surface area contributed by atoms with E-state index in [1.807, 2.05) is 0 Å². The van der Waals surface area contributed by atoms with Crippen LogP contribution in [-0.2, 0) is 19.6 Å². The minimum Gasteiger partial charge on any atom is -0.486 e. The van der Waals surface area contributed by atoms with Crippen molar-refractivity contribution in [2.75, 3.05) is 43.1 Å². The molecule has 1 atom stereocenters. The van der Waals surface area contributed by atoms with Crippen molar-refractivity contribution in [3.05, 3.63) is 42.5 Å². The molecule has 0 radical (unpaired) electrons. The van der Waals surface area contributed by atoms with Gasteiger partial charge in [0, 0.05) is 43.5 Å². The second kappa shape index (κ2) is 8.68. The van der Waals surface area contributed by atoms with Crippen molar-refractivity contribution in [2.24, 2.45) is 5.92 Å². The number of sulfonamides is 1. The van der Waals surface area contributed by atoms with Gasteiger partial charge < -0.3 is 19.7 Å². The highest BCUT2D eigenvalue weighted by atomic mass is 32.2. The summed E-state index contributed by atoms with van der Waals surface area (Å²) >= 11 is 0. The molecular weight excluding hydrogens is 446 g/mol. The number of amides is 2. The third-order valence-corrected chi connectivity index (χ3v) is 8.07. The van der Waals surface area contributed by atoms with E-state index in [9.17, 15) is 18.0 Å². The molecule has 1 N–H and O–H groups in total. The number of benzene rings is 2. The van der Waals surface area contributed by atoms with Crippen LogP contribution in [-0.4, -0.2) is 57.4 Å². The molecule has 5 rings (SSSR count). The minimum atomic E-state index is -3.50. The molecule has 0 saturated carbocycles. The first-order valence-electron chi connectivity index (χ1n) is 11.0. The highest BCUT2D eigenvalue weighted by molar-refractivity contribution is 7.89. The van der Waals surface area contributed by atoms with E-state index in [0.717, 1.165) is 12.8 Å². The van der Waals surface area contributed by atoms with Crippen LogP contribution in [0, 0.1) is 5.92 Å². The Hall–Kier alpha value is -3.11. The number of rotatable bonds is 5. The van der Waals surface area contributed by atoms with Crippen molar-refractivity contribution in [2.45, 2.75) is 24.2 Å². The molecule has 0 aromatic heterocycles. The van der Waals surface area contributed by atoms with Crippen molar-refractivity contribution in [3.63, 3.8) is 0 Å². The molecule has 2 saturated heterocycles. The number of hydrogen-bond donors (Lipinski definition) is 1. The van der Waals surface area contributed by atoms with Crippen LogP contribution in [0.3, 0.4) is 0 Å². The van der Waals surface area contributed by atoms with E-state index < -0.39 is 15.9 Å². The summed E-state index contributed by atoms with van der Waals surface area (Å²) < 4.78 is 37.9. The highest BCUT2D eigenvalue weighted by Crippen LogP contribution is 2.36. The number of fused-ring (bicyclic) bond motifs is 1. The molecule has 0 spiro atoms. The number of anilines is 2. The van der Waals surface area contributed by atoms with E-state index in [-0.39, 0.29) is 29.7 Å². The summed E-state index contributed by atoms with van der Waals surface area (Å²) in [6.45, 7) is 2.27. The maximum atomic E-state index is 12.8. The lowest BCUT2D eigenvalue weighted by atomic mass is 10.1. The Bertz CT molecular complexity index is 1180. The summed E-state index contributed by atoms with van der Waals surface area (Å²) in [5.41, 5.74) is 1.15. The van der Waals surface area contributed by atoms with E-state index >= 15 is 0 Å². The van der Waals surface area contributed by atoms with Crippen molar-refractivity contribution in [1.29, 1.82) is 0 Å². The van der Waals surface area contributed by atoms with Crippen LogP contribution >= 0.6 is 0 Å². The number of carbonyl (C=O) groups excluding carboxylic acids is 2. The summed E-state index contributed by atoms with van der Waals surface area (Å²) in [5.74, 6) is 0.292. The maximum absolute atomic E-state index is 12.8. The second-order valence-electron chi connectivity index (χ2n) is 8.36. The van der Waals surface area contributed by atoms with E-state index in [1.54, 1.807) is 35.2 Å². The van der Waals surface area contributed by atoms with Crippen LogP contribution < -0.4 is 19.7 Å². The summed E-state index contributed by atoms with van der Waals surface area (Å²) in [5, 5.41) is 2.80. The molecule has 174 valence electrons. The lowest BCUT2D eigenvalue weighted by molar-refractivity contribution is -0.122. The largest absolute Gasteiger partial charge is 0.486 e. The van der Waals surface area contributed by atoms with Crippen molar-refractivity contribution >= 4 is 33.2 Å².